The van der Waals surface area contributed by atoms with Gasteiger partial charge in [-0.05, 0) is 25.5 Å². The molecule has 0 saturated carbocycles. The first-order valence-corrected chi connectivity index (χ1v) is 8.16. The van der Waals surface area contributed by atoms with Crippen molar-refractivity contribution in [2.45, 2.75) is 31.3 Å². The highest BCUT2D eigenvalue weighted by Crippen LogP contribution is 2.14. The molecule has 1 aromatic carbocycles. The Morgan fingerprint density at radius 3 is 2.45 bits per heavy atom. The Kier molecular flexibility index (Phi) is 7.07. The van der Waals surface area contributed by atoms with Crippen molar-refractivity contribution in [2.24, 2.45) is 0 Å². The first-order valence-electron chi connectivity index (χ1n) is 6.75. The van der Waals surface area contributed by atoms with Crippen LogP contribution in [-0.4, -0.2) is 34.2 Å². The summed E-state index contributed by atoms with van der Waals surface area (Å²) in [5, 5.41) is 0. The lowest BCUT2D eigenvalue weighted by Crippen LogP contribution is -2.20. The fraction of sp³-hybridized carbons (Fsp3) is 0.400. The quantitative estimate of drug-likeness (QED) is 0.315. The summed E-state index contributed by atoms with van der Waals surface area (Å²) in [6.45, 7) is 3.54. The Labute approximate surface area is 130 Å². The first kappa shape index (κ1) is 18.2. The molecule has 0 spiro atoms. The van der Waals surface area contributed by atoms with Gasteiger partial charge in [-0.25, -0.2) is 4.79 Å². The van der Waals surface area contributed by atoms with Crippen LogP contribution in [0.2, 0.25) is 0 Å². The van der Waals surface area contributed by atoms with Gasteiger partial charge in [-0.15, -0.1) is 0 Å². The van der Waals surface area contributed by atoms with Crippen molar-refractivity contribution in [1.82, 2.24) is 0 Å². The molecule has 0 unspecified atom stereocenters. The van der Waals surface area contributed by atoms with E-state index in [2.05, 4.69) is 4.74 Å². The van der Waals surface area contributed by atoms with Crippen molar-refractivity contribution in [1.29, 1.82) is 0 Å². The number of esters is 1. The summed E-state index contributed by atoms with van der Waals surface area (Å²) in [6, 6.07) is 6.37. The molecule has 7 heteroatoms. The molecule has 6 nitrogen and oxygen atoms in total. The largest absolute Gasteiger partial charge is 0.495 e. The molecule has 1 rings (SSSR count). The third-order valence-corrected chi connectivity index (χ3v) is 4.15. The molecule has 22 heavy (non-hydrogen) atoms. The predicted molar refractivity (Wildman–Crippen MR) is 80.6 cm³/mol. The zero-order valence-corrected chi connectivity index (χ0v) is 13.6. The first-order chi connectivity index (χ1) is 10.4. The topological polar surface area (TPSA) is 78.9 Å². The molecule has 0 aliphatic heterocycles. The zero-order valence-electron chi connectivity index (χ0n) is 12.8. The van der Waals surface area contributed by atoms with Crippen LogP contribution >= 0.6 is 0 Å². The molecular weight excluding hydrogens is 308 g/mol. The lowest BCUT2D eigenvalue weighted by molar-refractivity contribution is -0.135. The molecule has 0 amide bonds. The summed E-state index contributed by atoms with van der Waals surface area (Å²) in [7, 11) is -2.57. The molecule has 0 aliphatic carbocycles. The molecule has 122 valence electrons. The molecule has 0 N–H and O–H groups in total. The van der Waals surface area contributed by atoms with Gasteiger partial charge in [0.2, 0.25) is 0 Å². The monoisotopic (exact) mass is 328 g/mol. The standard InChI is InChI=1S/C15H20O6S/c1-4-13(20-10-9-15(16)19-3)11-21-22(17,18)14-7-5-12(2)6-8-14/h5-10,13H,4,11H2,1-3H3/b10-9+/t13-/m1/s1. The Bertz CT molecular complexity index is 603. The highest BCUT2D eigenvalue weighted by atomic mass is 32.2. The van der Waals surface area contributed by atoms with Crippen molar-refractivity contribution in [3.8, 4) is 0 Å². The number of hydrogen-bond acceptors (Lipinski definition) is 6. The summed E-state index contributed by atoms with van der Waals surface area (Å²) >= 11 is 0. The Morgan fingerprint density at radius 2 is 1.91 bits per heavy atom. The van der Waals surface area contributed by atoms with Gasteiger partial charge >= 0.3 is 5.97 Å². The van der Waals surface area contributed by atoms with E-state index in [0.29, 0.717) is 6.42 Å². The minimum Gasteiger partial charge on any atom is -0.495 e. The van der Waals surface area contributed by atoms with Crippen LogP contribution in [0.3, 0.4) is 0 Å². The van der Waals surface area contributed by atoms with Crippen molar-refractivity contribution in [3.05, 3.63) is 42.2 Å². The van der Waals surface area contributed by atoms with Crippen LogP contribution in [0.25, 0.3) is 0 Å². The SMILES string of the molecule is CC[C@H](COS(=O)(=O)c1ccc(C)cc1)O/C=C/C(=O)OC. The van der Waals surface area contributed by atoms with Gasteiger partial charge in [0.25, 0.3) is 10.1 Å². The van der Waals surface area contributed by atoms with Gasteiger partial charge in [-0.3, -0.25) is 4.18 Å². The number of ether oxygens (including phenoxy) is 2. The minimum absolute atomic E-state index is 0.0954. The second-order valence-electron chi connectivity index (χ2n) is 4.54. The van der Waals surface area contributed by atoms with Gasteiger partial charge in [-0.2, -0.15) is 8.42 Å². The van der Waals surface area contributed by atoms with Gasteiger partial charge in [-0.1, -0.05) is 24.6 Å². The Hall–Kier alpha value is -1.86. The molecule has 1 atom stereocenters. The number of carbonyl (C=O) groups excluding carboxylic acids is 1. The third kappa shape index (κ3) is 5.87. The predicted octanol–water partition coefficient (Wildman–Crippen LogP) is 2.18. The van der Waals surface area contributed by atoms with E-state index in [9.17, 15) is 13.2 Å². The van der Waals surface area contributed by atoms with E-state index in [1.54, 1.807) is 12.1 Å². The van der Waals surface area contributed by atoms with E-state index < -0.39 is 22.2 Å². The van der Waals surface area contributed by atoms with Crippen LogP contribution in [0, 0.1) is 6.92 Å². The van der Waals surface area contributed by atoms with Crippen molar-refractivity contribution in [3.63, 3.8) is 0 Å². The molecule has 0 fully saturated rings. The van der Waals surface area contributed by atoms with Crippen LogP contribution in [0.1, 0.15) is 18.9 Å². The third-order valence-electron chi connectivity index (χ3n) is 2.85. The van der Waals surface area contributed by atoms with E-state index in [0.717, 1.165) is 11.6 Å². The zero-order chi connectivity index (χ0) is 16.6. The molecule has 0 saturated heterocycles. The molecule has 0 radical (unpaired) electrons. The van der Waals surface area contributed by atoms with Crippen LogP contribution in [0.4, 0.5) is 0 Å². The van der Waals surface area contributed by atoms with E-state index in [-0.39, 0.29) is 11.5 Å². The smallest absolute Gasteiger partial charge is 0.333 e. The van der Waals surface area contributed by atoms with Gasteiger partial charge in [0.1, 0.15) is 12.7 Å². The van der Waals surface area contributed by atoms with Gasteiger partial charge < -0.3 is 9.47 Å². The number of carbonyl (C=O) groups is 1. The average molecular weight is 328 g/mol. The van der Waals surface area contributed by atoms with E-state index in [1.165, 1.54) is 25.5 Å². The fourth-order valence-corrected chi connectivity index (χ4v) is 2.40. The number of benzene rings is 1. The number of rotatable bonds is 8. The minimum atomic E-state index is -3.82. The maximum absolute atomic E-state index is 12.0. The summed E-state index contributed by atoms with van der Waals surface area (Å²) in [4.78, 5) is 11.0. The molecule has 0 aliphatic rings. The Morgan fingerprint density at radius 1 is 1.27 bits per heavy atom. The maximum atomic E-state index is 12.0. The number of hydrogen-bond donors (Lipinski definition) is 0. The highest BCUT2D eigenvalue weighted by molar-refractivity contribution is 7.86. The summed E-state index contributed by atoms with van der Waals surface area (Å²) in [6.07, 6.45) is 2.31. The van der Waals surface area contributed by atoms with Crippen molar-refractivity contribution >= 4 is 16.1 Å². The van der Waals surface area contributed by atoms with Crippen LogP contribution in [0.15, 0.2) is 41.5 Å². The fourth-order valence-electron chi connectivity index (χ4n) is 1.47. The van der Waals surface area contributed by atoms with Crippen LogP contribution in [-0.2, 0) is 28.6 Å². The van der Waals surface area contributed by atoms with Gasteiger partial charge in [0.05, 0.1) is 24.3 Å². The van der Waals surface area contributed by atoms with Crippen molar-refractivity contribution in [2.75, 3.05) is 13.7 Å². The molecular formula is C15H20O6S. The molecule has 0 aromatic heterocycles. The van der Waals surface area contributed by atoms with E-state index in [1.807, 2.05) is 13.8 Å². The van der Waals surface area contributed by atoms with E-state index in [4.69, 9.17) is 8.92 Å². The summed E-state index contributed by atoms with van der Waals surface area (Å²) in [5.41, 5.74) is 0.960. The second-order valence-corrected chi connectivity index (χ2v) is 6.16. The molecule has 0 heterocycles. The second kappa shape index (κ2) is 8.55. The van der Waals surface area contributed by atoms with Crippen molar-refractivity contribution < 1.29 is 26.9 Å². The van der Waals surface area contributed by atoms with Crippen LogP contribution < -0.4 is 0 Å². The summed E-state index contributed by atoms with van der Waals surface area (Å²) < 4.78 is 38.7. The molecule has 1 aromatic rings. The lowest BCUT2D eigenvalue weighted by Gasteiger charge is -2.14. The van der Waals surface area contributed by atoms with Crippen LogP contribution in [0.5, 0.6) is 0 Å². The highest BCUT2D eigenvalue weighted by Gasteiger charge is 2.18. The van der Waals surface area contributed by atoms with E-state index >= 15 is 0 Å². The number of aryl methyl sites for hydroxylation is 1. The normalized spacial score (nSPS) is 13.0. The molecule has 0 bridgehead atoms. The average Bonchev–Trinajstić information content (AvgIpc) is 2.50. The number of methoxy groups -OCH3 is 1. The van der Waals surface area contributed by atoms with Gasteiger partial charge in [0.15, 0.2) is 0 Å². The summed E-state index contributed by atoms with van der Waals surface area (Å²) in [5.74, 6) is -0.553. The lowest BCUT2D eigenvalue weighted by atomic mass is 10.2. The Balaban J connectivity index is 2.59. The maximum Gasteiger partial charge on any atom is 0.333 e. The van der Waals surface area contributed by atoms with Gasteiger partial charge in [0, 0.05) is 0 Å².